The van der Waals surface area contributed by atoms with E-state index in [1.807, 2.05) is 0 Å². The lowest BCUT2D eigenvalue weighted by Gasteiger charge is -2.29. The zero-order valence-electron chi connectivity index (χ0n) is 40.9. The van der Waals surface area contributed by atoms with Crippen molar-refractivity contribution >= 4 is 87.7 Å². The summed E-state index contributed by atoms with van der Waals surface area (Å²) in [5.74, 6) is 0.880. The molecule has 0 spiro atoms. The maximum Gasteiger partial charge on any atom is 0.134 e. The lowest BCUT2D eigenvalue weighted by atomic mass is 9.82. The predicted molar refractivity (Wildman–Crippen MR) is 309 cm³/mol. The van der Waals surface area contributed by atoms with Crippen molar-refractivity contribution in [3.63, 3.8) is 0 Å². The van der Waals surface area contributed by atoms with E-state index in [2.05, 4.69) is 269 Å². The second-order valence-electron chi connectivity index (χ2n) is 20.8. The summed E-state index contributed by atoms with van der Waals surface area (Å²) >= 11 is 0. The smallest absolute Gasteiger partial charge is 0.134 e. The van der Waals surface area contributed by atoms with Gasteiger partial charge in [0.25, 0.3) is 0 Å². The van der Waals surface area contributed by atoms with E-state index in [1.54, 1.807) is 0 Å². The van der Waals surface area contributed by atoms with Crippen molar-refractivity contribution in [2.24, 2.45) is 4.99 Å². The number of nitrogens with zero attached hydrogens (tertiary/aromatic N) is 4. The van der Waals surface area contributed by atoms with Crippen LogP contribution in [-0.4, -0.2) is 19.5 Å². The molecule has 5 heteroatoms. The van der Waals surface area contributed by atoms with E-state index in [1.165, 1.54) is 87.6 Å². The Morgan fingerprint density at radius 2 is 0.851 bits per heavy atom. The molecule has 0 saturated carbocycles. The average Bonchev–Trinajstić information content (AvgIpc) is 4.18. The number of nitrogens with one attached hydrogen (secondary N) is 1. The van der Waals surface area contributed by atoms with E-state index in [-0.39, 0.29) is 11.5 Å². The van der Waals surface area contributed by atoms with Crippen molar-refractivity contribution in [2.45, 2.75) is 25.3 Å². The molecular weight excluding hydrogens is 899 g/mol. The molecule has 16 rings (SSSR count). The fraction of sp³-hybridized carbons (Fsp3) is 0.0580. The van der Waals surface area contributed by atoms with Crippen LogP contribution in [0.2, 0.25) is 0 Å². The Labute approximate surface area is 427 Å². The van der Waals surface area contributed by atoms with Gasteiger partial charge in [0.05, 0.1) is 44.8 Å². The summed E-state index contributed by atoms with van der Waals surface area (Å²) < 4.78 is 7.33. The first-order chi connectivity index (χ1) is 36.5. The number of benzene rings is 11. The van der Waals surface area contributed by atoms with Crippen molar-refractivity contribution in [2.75, 3.05) is 0 Å². The number of aromatic nitrogens is 3. The minimum Gasteiger partial charge on any atom is -0.359 e. The second kappa shape index (κ2) is 15.3. The topological polar surface area (TPSA) is 39.2 Å². The van der Waals surface area contributed by atoms with Gasteiger partial charge in [0, 0.05) is 71.3 Å². The number of rotatable bonds is 5. The highest BCUT2D eigenvalue weighted by atomic mass is 15.1. The third-order valence-corrected chi connectivity index (χ3v) is 16.5. The van der Waals surface area contributed by atoms with E-state index >= 15 is 0 Å². The molecule has 0 amide bonds. The Hall–Kier alpha value is -9.45. The molecule has 0 bridgehead atoms. The van der Waals surface area contributed by atoms with E-state index in [0.717, 1.165) is 56.1 Å². The third-order valence-electron chi connectivity index (χ3n) is 16.5. The van der Waals surface area contributed by atoms with E-state index in [9.17, 15) is 0 Å². The molecule has 3 aromatic heterocycles. The Morgan fingerprint density at radius 1 is 0.378 bits per heavy atom. The zero-order chi connectivity index (χ0) is 48.8. The number of amidine groups is 1. The van der Waals surface area contributed by atoms with Gasteiger partial charge < -0.3 is 19.0 Å². The number of hydrogen-bond acceptors (Lipinski definition) is 2. The van der Waals surface area contributed by atoms with Gasteiger partial charge in [-0.15, -0.1) is 0 Å². The molecule has 1 atom stereocenters. The molecule has 14 aromatic rings. The molecule has 74 heavy (non-hydrogen) atoms. The van der Waals surface area contributed by atoms with Gasteiger partial charge in [0.1, 0.15) is 5.84 Å². The molecule has 1 unspecified atom stereocenters. The molecular formula is C69H47N5. The van der Waals surface area contributed by atoms with Crippen molar-refractivity contribution in [1.29, 1.82) is 0 Å². The van der Waals surface area contributed by atoms with Gasteiger partial charge in [-0.2, -0.15) is 0 Å². The molecule has 1 aliphatic heterocycles. The lowest BCUT2D eigenvalue weighted by molar-refractivity contribution is 0.660. The van der Waals surface area contributed by atoms with Gasteiger partial charge >= 0.3 is 0 Å². The summed E-state index contributed by atoms with van der Waals surface area (Å²) in [6.07, 6.45) is 0. The first-order valence-corrected chi connectivity index (χ1v) is 25.7. The molecule has 2 aliphatic rings. The molecule has 0 saturated heterocycles. The van der Waals surface area contributed by atoms with E-state index in [4.69, 9.17) is 4.99 Å². The first kappa shape index (κ1) is 41.2. The third kappa shape index (κ3) is 5.78. The summed E-state index contributed by atoms with van der Waals surface area (Å²) in [7, 11) is 0. The lowest BCUT2D eigenvalue weighted by Crippen LogP contribution is -2.33. The maximum atomic E-state index is 5.50. The molecule has 5 nitrogen and oxygen atoms in total. The minimum absolute atomic E-state index is 0.0745. The van der Waals surface area contributed by atoms with Gasteiger partial charge in [-0.3, -0.25) is 0 Å². The first-order valence-electron chi connectivity index (χ1n) is 25.7. The highest BCUT2D eigenvalue weighted by molar-refractivity contribution is 6.14. The van der Waals surface area contributed by atoms with Crippen LogP contribution in [-0.2, 0) is 5.41 Å². The van der Waals surface area contributed by atoms with Crippen LogP contribution in [0.25, 0.3) is 104 Å². The van der Waals surface area contributed by atoms with Crippen molar-refractivity contribution in [1.82, 2.24) is 19.0 Å². The molecule has 1 aliphatic carbocycles. The summed E-state index contributed by atoms with van der Waals surface area (Å²) in [5.41, 5.74) is 20.1. The minimum atomic E-state index is -0.143. The average molecular weight is 946 g/mol. The number of fused-ring (bicyclic) bond motifs is 15. The predicted octanol–water partition coefficient (Wildman–Crippen LogP) is 17.2. The standard InChI is InChI=1S/C69H47N5/c1-69(2)58-22-10-5-17-49(58)57-39-44(30-38-59(57)69)68-70-66(56-35-29-42-15-3-4-16-48(42)67(56)71-68)43-27-31-45(32-28-43)72-64-40-46(73-60-23-11-6-18-50(60)51-19-7-12-24-61(51)73)33-36-54(64)55-37-34-47(41-65(55)72)74-62-25-13-8-20-52(62)53-21-9-14-26-63(53)74/h3-41,66H,1-2H3,(H,70,71). The Balaban J connectivity index is 0.883. The van der Waals surface area contributed by atoms with Gasteiger partial charge in [0.2, 0.25) is 0 Å². The molecule has 348 valence electrons. The van der Waals surface area contributed by atoms with Crippen LogP contribution in [0.1, 0.15) is 47.7 Å². The van der Waals surface area contributed by atoms with E-state index in [0.29, 0.717) is 0 Å². The van der Waals surface area contributed by atoms with Gasteiger partial charge in [0.15, 0.2) is 0 Å². The summed E-state index contributed by atoms with van der Waals surface area (Å²) in [6.45, 7) is 4.68. The van der Waals surface area contributed by atoms with Gasteiger partial charge in [-0.05, 0) is 99.9 Å². The number of aliphatic imine (C=N–C) groups is 1. The summed E-state index contributed by atoms with van der Waals surface area (Å²) in [6, 6.07) is 87.2. The summed E-state index contributed by atoms with van der Waals surface area (Å²) in [4.78, 5) is 5.50. The van der Waals surface area contributed by atoms with Crippen LogP contribution in [0.5, 0.6) is 0 Å². The van der Waals surface area contributed by atoms with Crippen molar-refractivity contribution in [3.8, 4) is 28.2 Å². The fourth-order valence-corrected chi connectivity index (χ4v) is 13.0. The van der Waals surface area contributed by atoms with Crippen LogP contribution in [0.3, 0.4) is 0 Å². The maximum absolute atomic E-state index is 5.50. The van der Waals surface area contributed by atoms with Gasteiger partial charge in [-0.1, -0.05) is 184 Å². The fourth-order valence-electron chi connectivity index (χ4n) is 13.0. The molecule has 11 aromatic carbocycles. The Morgan fingerprint density at radius 3 is 1.45 bits per heavy atom. The quantitative estimate of drug-likeness (QED) is 0.183. The molecule has 4 heterocycles. The highest BCUT2D eigenvalue weighted by Gasteiger charge is 2.36. The highest BCUT2D eigenvalue weighted by Crippen LogP contribution is 2.49. The number of hydrogen-bond donors (Lipinski definition) is 1. The largest absolute Gasteiger partial charge is 0.359 e. The van der Waals surface area contributed by atoms with Crippen LogP contribution in [0.15, 0.2) is 242 Å². The normalized spacial score (nSPS) is 14.8. The number of para-hydroxylation sites is 4. The summed E-state index contributed by atoms with van der Waals surface area (Å²) in [5, 5.41) is 13.7. The molecule has 0 radical (unpaired) electrons. The second-order valence-corrected chi connectivity index (χ2v) is 20.8. The Bertz CT molecular complexity index is 4450. The SMILES string of the molecule is CC1(C)c2ccccc2-c2cc(C3=Nc4c(ccc5ccccc45)C(c4ccc(-n5c6cc(-n7c8ccccc8c8ccccc87)ccc6c6ccc(-n7c8ccccc8c8ccccc87)cc65)cc4)N3)ccc21. The van der Waals surface area contributed by atoms with Crippen LogP contribution in [0.4, 0.5) is 5.69 Å². The molecule has 1 N–H and O–H groups in total. The van der Waals surface area contributed by atoms with Crippen molar-refractivity contribution in [3.05, 3.63) is 264 Å². The van der Waals surface area contributed by atoms with Crippen LogP contribution in [0, 0.1) is 0 Å². The van der Waals surface area contributed by atoms with Crippen LogP contribution < -0.4 is 5.32 Å². The van der Waals surface area contributed by atoms with E-state index < -0.39 is 0 Å². The molecule has 0 fully saturated rings. The Kier molecular flexibility index (Phi) is 8.51. The van der Waals surface area contributed by atoms with Gasteiger partial charge in [-0.25, -0.2) is 4.99 Å². The van der Waals surface area contributed by atoms with Crippen molar-refractivity contribution < 1.29 is 0 Å². The zero-order valence-corrected chi connectivity index (χ0v) is 40.9. The monoisotopic (exact) mass is 945 g/mol. The van der Waals surface area contributed by atoms with Crippen LogP contribution >= 0.6 is 0 Å².